The first-order valence-electron chi connectivity index (χ1n) is 10.4. The molecule has 0 unspecified atom stereocenters. The molecular weight excluding hydrogens is 536 g/mol. The molecule has 11 heteroatoms. The van der Waals surface area contributed by atoms with Crippen molar-refractivity contribution in [1.82, 2.24) is 25.3 Å². The first-order chi connectivity index (χ1) is 14.8. The van der Waals surface area contributed by atoms with Gasteiger partial charge in [0.25, 0.3) is 0 Å². The Morgan fingerprint density at radius 1 is 1.22 bits per heavy atom. The number of aliphatic imine (C=N–C) groups is 1. The summed E-state index contributed by atoms with van der Waals surface area (Å²) in [6.45, 7) is 8.14. The summed E-state index contributed by atoms with van der Waals surface area (Å²) in [4.78, 5) is 13.0. The van der Waals surface area contributed by atoms with Gasteiger partial charge in [-0.1, -0.05) is 37.2 Å². The number of nitrogens with one attached hydrogen (secondary N) is 1. The fourth-order valence-electron chi connectivity index (χ4n) is 3.44. The number of rotatable bonds is 6. The van der Waals surface area contributed by atoms with Crippen molar-refractivity contribution in [3.63, 3.8) is 0 Å². The van der Waals surface area contributed by atoms with Gasteiger partial charge in [-0.25, -0.2) is 0 Å². The molecular formula is C21H30F3IN6O. The highest BCUT2D eigenvalue weighted by Crippen LogP contribution is 2.29. The summed E-state index contributed by atoms with van der Waals surface area (Å²) in [6.07, 6.45) is -3.71. The Morgan fingerprint density at radius 2 is 1.94 bits per heavy atom. The molecule has 7 nitrogen and oxygen atoms in total. The molecule has 2 heterocycles. The van der Waals surface area contributed by atoms with Gasteiger partial charge in [0.1, 0.15) is 0 Å². The molecule has 32 heavy (non-hydrogen) atoms. The first-order valence-corrected chi connectivity index (χ1v) is 10.4. The highest BCUT2D eigenvalue weighted by Gasteiger charge is 2.30. The van der Waals surface area contributed by atoms with Crippen LogP contribution in [0.25, 0.3) is 0 Å². The number of alkyl halides is 3. The molecule has 1 saturated heterocycles. The van der Waals surface area contributed by atoms with E-state index in [0.717, 1.165) is 38.2 Å². The van der Waals surface area contributed by atoms with Crippen molar-refractivity contribution in [3.8, 4) is 0 Å². The summed E-state index contributed by atoms with van der Waals surface area (Å²) in [5, 5.41) is 7.28. The van der Waals surface area contributed by atoms with Gasteiger partial charge >= 0.3 is 6.18 Å². The van der Waals surface area contributed by atoms with Gasteiger partial charge in [0.2, 0.25) is 5.89 Å². The van der Waals surface area contributed by atoms with Crippen LogP contribution in [0.2, 0.25) is 0 Å². The molecule has 1 aliphatic heterocycles. The molecule has 2 aromatic rings. The van der Waals surface area contributed by atoms with Gasteiger partial charge in [0.05, 0.1) is 5.56 Å². The van der Waals surface area contributed by atoms with Crippen LogP contribution in [-0.4, -0.2) is 65.7 Å². The third-order valence-electron chi connectivity index (χ3n) is 5.17. The average Bonchev–Trinajstić information content (AvgIpc) is 3.21. The minimum atomic E-state index is -4.32. The SMILES string of the molecule is CN=C(NCCc1nc(C(C)C)no1)N1CCN(Cc2cccc(C(F)(F)F)c2)CC1.I. The lowest BCUT2D eigenvalue weighted by atomic mass is 10.1. The van der Waals surface area contributed by atoms with Crippen LogP contribution in [-0.2, 0) is 19.1 Å². The number of benzene rings is 1. The number of nitrogens with zero attached hydrogens (tertiary/aromatic N) is 5. The van der Waals surface area contributed by atoms with Crippen molar-refractivity contribution in [1.29, 1.82) is 0 Å². The minimum Gasteiger partial charge on any atom is -0.356 e. The van der Waals surface area contributed by atoms with Crippen LogP contribution < -0.4 is 5.32 Å². The predicted molar refractivity (Wildman–Crippen MR) is 127 cm³/mol. The second kappa shape index (κ2) is 11.8. The molecule has 1 aliphatic rings. The van der Waals surface area contributed by atoms with E-state index in [4.69, 9.17) is 4.52 Å². The van der Waals surface area contributed by atoms with Crippen LogP contribution in [0.1, 0.15) is 42.6 Å². The van der Waals surface area contributed by atoms with E-state index in [-0.39, 0.29) is 29.9 Å². The molecule has 0 radical (unpaired) electrons. The molecule has 3 rings (SSSR count). The van der Waals surface area contributed by atoms with Crippen molar-refractivity contribution in [3.05, 3.63) is 47.1 Å². The lowest BCUT2D eigenvalue weighted by Crippen LogP contribution is -2.52. The van der Waals surface area contributed by atoms with Gasteiger partial charge in [0.15, 0.2) is 11.8 Å². The van der Waals surface area contributed by atoms with Crippen LogP contribution in [0.5, 0.6) is 0 Å². The smallest absolute Gasteiger partial charge is 0.356 e. The van der Waals surface area contributed by atoms with Crippen LogP contribution in [0.4, 0.5) is 13.2 Å². The van der Waals surface area contributed by atoms with Crippen molar-refractivity contribution < 1.29 is 17.7 Å². The molecule has 0 bridgehead atoms. The zero-order valence-electron chi connectivity index (χ0n) is 18.5. The molecule has 0 spiro atoms. The largest absolute Gasteiger partial charge is 0.416 e. The van der Waals surface area contributed by atoms with Crippen LogP contribution in [0, 0.1) is 0 Å². The fraction of sp³-hybridized carbons (Fsp3) is 0.571. The predicted octanol–water partition coefficient (Wildman–Crippen LogP) is 3.77. The lowest BCUT2D eigenvalue weighted by Gasteiger charge is -2.36. The van der Waals surface area contributed by atoms with E-state index in [2.05, 4.69) is 30.2 Å². The van der Waals surface area contributed by atoms with Gasteiger partial charge in [-0.15, -0.1) is 24.0 Å². The van der Waals surface area contributed by atoms with Crippen molar-refractivity contribution in [2.45, 2.75) is 38.9 Å². The monoisotopic (exact) mass is 566 g/mol. The van der Waals surface area contributed by atoms with E-state index in [0.29, 0.717) is 36.8 Å². The quantitative estimate of drug-likeness (QED) is 0.327. The summed E-state index contributed by atoms with van der Waals surface area (Å²) >= 11 is 0. The van der Waals surface area contributed by atoms with Crippen LogP contribution in [0.15, 0.2) is 33.8 Å². The highest BCUT2D eigenvalue weighted by atomic mass is 127. The number of piperazine rings is 1. The van der Waals surface area contributed by atoms with Gasteiger partial charge in [-0.3, -0.25) is 9.89 Å². The number of aromatic nitrogens is 2. The van der Waals surface area contributed by atoms with E-state index in [1.807, 2.05) is 13.8 Å². The van der Waals surface area contributed by atoms with E-state index in [1.54, 1.807) is 13.1 Å². The maximum Gasteiger partial charge on any atom is 0.416 e. The average molecular weight is 566 g/mol. The lowest BCUT2D eigenvalue weighted by molar-refractivity contribution is -0.137. The Kier molecular flexibility index (Phi) is 9.74. The standard InChI is InChI=1S/C21H29F3N6O.HI/c1-15(2)19-27-18(31-28-19)7-8-26-20(25-3)30-11-9-29(10-12-30)14-16-5-4-6-17(13-16)21(22,23)24;/h4-6,13,15H,7-12,14H2,1-3H3,(H,25,26);1H. The van der Waals surface area contributed by atoms with Crippen LogP contribution >= 0.6 is 24.0 Å². The van der Waals surface area contributed by atoms with Gasteiger partial charge in [-0.2, -0.15) is 18.2 Å². The Bertz CT molecular complexity index is 878. The molecule has 0 amide bonds. The summed E-state index contributed by atoms with van der Waals surface area (Å²) in [5.41, 5.74) is 0.0705. The maximum atomic E-state index is 12.9. The topological polar surface area (TPSA) is 69.8 Å². The molecule has 0 saturated carbocycles. The van der Waals surface area contributed by atoms with Crippen LogP contribution in [0.3, 0.4) is 0 Å². The Hall–Kier alpha value is -1.89. The number of guanidine groups is 1. The Labute approximate surface area is 203 Å². The molecule has 1 fully saturated rings. The van der Waals surface area contributed by atoms with Crippen molar-refractivity contribution in [2.24, 2.45) is 4.99 Å². The molecule has 0 aliphatic carbocycles. The van der Waals surface area contributed by atoms with E-state index < -0.39 is 11.7 Å². The second-order valence-electron chi connectivity index (χ2n) is 7.89. The first kappa shape index (κ1) is 26.4. The van der Waals surface area contributed by atoms with Gasteiger partial charge in [0, 0.05) is 58.7 Å². The third-order valence-corrected chi connectivity index (χ3v) is 5.17. The van der Waals surface area contributed by atoms with Gasteiger partial charge in [-0.05, 0) is 11.6 Å². The zero-order chi connectivity index (χ0) is 22.4. The molecule has 178 valence electrons. The summed E-state index contributed by atoms with van der Waals surface area (Å²) < 4.78 is 44.0. The molecule has 1 aromatic heterocycles. The van der Waals surface area contributed by atoms with Gasteiger partial charge < -0.3 is 14.7 Å². The third kappa shape index (κ3) is 7.32. The molecule has 1 aromatic carbocycles. The number of hydrogen-bond donors (Lipinski definition) is 1. The zero-order valence-corrected chi connectivity index (χ0v) is 20.9. The normalized spacial score (nSPS) is 15.7. The number of hydrogen-bond acceptors (Lipinski definition) is 5. The molecule has 1 N–H and O–H groups in total. The van der Waals surface area contributed by atoms with E-state index in [9.17, 15) is 13.2 Å². The minimum absolute atomic E-state index is 0. The number of halogens is 4. The van der Waals surface area contributed by atoms with Crippen molar-refractivity contribution in [2.75, 3.05) is 39.8 Å². The summed E-state index contributed by atoms with van der Waals surface area (Å²) in [6, 6.07) is 5.54. The van der Waals surface area contributed by atoms with E-state index >= 15 is 0 Å². The summed E-state index contributed by atoms with van der Waals surface area (Å²) in [7, 11) is 1.74. The Balaban J connectivity index is 0.00000363. The maximum absolute atomic E-state index is 12.9. The molecule has 0 atom stereocenters. The summed E-state index contributed by atoms with van der Waals surface area (Å²) in [5.74, 6) is 2.32. The van der Waals surface area contributed by atoms with E-state index in [1.165, 1.54) is 12.1 Å². The Morgan fingerprint density at radius 3 is 2.53 bits per heavy atom. The second-order valence-corrected chi connectivity index (χ2v) is 7.89. The fourth-order valence-corrected chi connectivity index (χ4v) is 3.44. The van der Waals surface area contributed by atoms with Crippen molar-refractivity contribution >= 4 is 29.9 Å². The highest BCUT2D eigenvalue weighted by molar-refractivity contribution is 14.0.